The van der Waals surface area contributed by atoms with Gasteiger partial charge in [0, 0.05) is 36.3 Å². The third-order valence-electron chi connectivity index (χ3n) is 13.3. The van der Waals surface area contributed by atoms with E-state index < -0.39 is 22.9 Å². The molecule has 1 aliphatic heterocycles. The van der Waals surface area contributed by atoms with Crippen LogP contribution >= 0.6 is 0 Å². The van der Waals surface area contributed by atoms with Crippen LogP contribution in [-0.2, 0) is 19.1 Å². The van der Waals surface area contributed by atoms with Gasteiger partial charge in [-0.25, -0.2) is 4.79 Å². The number of allylic oxidation sites excluding steroid dienone is 15. The zero-order chi connectivity index (χ0) is 46.0. The lowest BCUT2D eigenvalue weighted by Crippen LogP contribution is -2.49. The molecule has 2 aliphatic carbocycles. The minimum absolute atomic E-state index is 0.0718. The highest BCUT2D eigenvalue weighted by Gasteiger charge is 2.76. The number of unbranched alkanes of at least 4 members (excludes halogenated alkanes) is 11. The largest absolute Gasteiger partial charge is 0.459 e. The summed E-state index contributed by atoms with van der Waals surface area (Å²) in [5.41, 5.74) is 5.21. The lowest BCUT2D eigenvalue weighted by molar-refractivity contribution is -0.147. The molecule has 6 nitrogen and oxygen atoms in total. The second-order valence-corrected chi connectivity index (χ2v) is 20.4. The summed E-state index contributed by atoms with van der Waals surface area (Å²) in [6.45, 7) is 22.4. The number of aliphatic hydroxyl groups excluding tert-OH is 1. The van der Waals surface area contributed by atoms with Gasteiger partial charge in [0.2, 0.25) is 0 Å². The zero-order valence-electron chi connectivity index (χ0n) is 40.7. The average Bonchev–Trinajstić information content (AvgIpc) is 3.78. The maximum Gasteiger partial charge on any atom is 0.330 e. The molecule has 0 radical (unpaired) electrons. The van der Waals surface area contributed by atoms with Crippen LogP contribution in [0.4, 0.5) is 0 Å². The highest BCUT2D eigenvalue weighted by atomic mass is 16.6. The summed E-state index contributed by atoms with van der Waals surface area (Å²) in [6, 6.07) is 0. The van der Waals surface area contributed by atoms with Crippen LogP contribution in [0.2, 0.25) is 0 Å². The molecule has 0 aromatic rings. The zero-order valence-corrected chi connectivity index (χ0v) is 40.7. The van der Waals surface area contributed by atoms with E-state index in [0.717, 1.165) is 35.1 Å². The van der Waals surface area contributed by atoms with E-state index in [9.17, 15) is 19.8 Å². The minimum atomic E-state index is -1.08. The van der Waals surface area contributed by atoms with Crippen molar-refractivity contribution in [1.29, 1.82) is 0 Å². The van der Waals surface area contributed by atoms with Gasteiger partial charge in [-0.05, 0) is 89.9 Å². The number of carbonyl (C=O) groups excluding carboxylic acids is 2. The van der Waals surface area contributed by atoms with Crippen LogP contribution < -0.4 is 0 Å². The van der Waals surface area contributed by atoms with E-state index in [2.05, 4.69) is 33.4 Å². The first-order valence-corrected chi connectivity index (χ1v) is 23.9. The Morgan fingerprint density at radius 3 is 1.82 bits per heavy atom. The quantitative estimate of drug-likeness (QED) is 0.0251. The smallest absolute Gasteiger partial charge is 0.330 e. The normalized spacial score (nSPS) is 27.9. The van der Waals surface area contributed by atoms with Crippen molar-refractivity contribution < 1.29 is 29.3 Å². The van der Waals surface area contributed by atoms with Crippen molar-refractivity contribution in [2.45, 2.75) is 214 Å². The minimum Gasteiger partial charge on any atom is -0.459 e. The van der Waals surface area contributed by atoms with Gasteiger partial charge in [0.05, 0.1) is 17.3 Å². The Hall–Kier alpha value is -3.54. The Labute approximate surface area is 377 Å². The van der Waals surface area contributed by atoms with Crippen LogP contribution in [0.1, 0.15) is 185 Å². The van der Waals surface area contributed by atoms with Crippen molar-refractivity contribution in [2.75, 3.05) is 0 Å². The number of Topliss-reactive ketones (excluding diaryl/α,β-unsaturated/α-hetero) is 1. The lowest BCUT2D eigenvalue weighted by Gasteiger charge is -2.43. The summed E-state index contributed by atoms with van der Waals surface area (Å²) in [5.74, 6) is -0.212. The number of rotatable bonds is 24. The molecule has 0 aromatic carbocycles. The Morgan fingerprint density at radius 1 is 0.710 bits per heavy atom. The fourth-order valence-corrected chi connectivity index (χ4v) is 9.83. The molecule has 5 atom stereocenters. The molecule has 3 rings (SSSR count). The van der Waals surface area contributed by atoms with Crippen molar-refractivity contribution in [3.63, 3.8) is 0 Å². The summed E-state index contributed by atoms with van der Waals surface area (Å²) in [6.07, 6.45) is 42.5. The second kappa shape index (κ2) is 24.5. The van der Waals surface area contributed by atoms with Gasteiger partial charge in [-0.1, -0.05) is 177 Å². The SMILES string of the molecule is CCCCCCCCCCCCC/C=C/C(=O)O[C@H]1CC(C)(C)[C@]2(CC(=O)/C(C)=C/C=C/C(C)=C/C=C/C=C(C)/C=C/C=C(\C)C=C=C3C(C)(C)C[C@H](O)C[C@@]3(C)O)O[C@]2(C)C1. The standard InChI is InChI=1S/C56H84O6/c1-12-13-14-15-16-17-18-19-20-21-22-23-24-35-51(59)61-48-40-53(8,9)56(55(11,41-48)62-56)42-49(58)46(5)34-28-33-44(3)30-26-25-29-43(2)31-27-32-45(4)36-37-50-52(6,7)38-47(57)39-54(50,10)60/h24-36,47-48,57,60H,12-23,38-42H2,1-11H3/b26-25+,31-27+,33-28+,35-24+,43-29+,44-30+,45-32+,46-34+/t37?,47-,48-,54+,55+,56-/m0/s1. The Kier molecular flexibility index (Phi) is 20.9. The van der Waals surface area contributed by atoms with Crippen LogP contribution in [0, 0.1) is 10.8 Å². The molecule has 1 saturated heterocycles. The summed E-state index contributed by atoms with van der Waals surface area (Å²) in [4.78, 5) is 26.3. The molecule has 6 heteroatoms. The van der Waals surface area contributed by atoms with Gasteiger partial charge >= 0.3 is 5.97 Å². The van der Waals surface area contributed by atoms with E-state index in [1.54, 1.807) is 13.0 Å². The molecule has 62 heavy (non-hydrogen) atoms. The van der Waals surface area contributed by atoms with Crippen molar-refractivity contribution in [1.82, 2.24) is 0 Å². The van der Waals surface area contributed by atoms with Crippen molar-refractivity contribution in [3.8, 4) is 0 Å². The van der Waals surface area contributed by atoms with Crippen molar-refractivity contribution in [3.05, 3.63) is 113 Å². The van der Waals surface area contributed by atoms with E-state index in [4.69, 9.17) is 9.47 Å². The second-order valence-electron chi connectivity index (χ2n) is 20.4. The fraction of sp³-hybridized carbons (Fsp3) is 0.625. The molecular weight excluding hydrogens is 769 g/mol. The molecule has 344 valence electrons. The first-order valence-electron chi connectivity index (χ1n) is 23.9. The van der Waals surface area contributed by atoms with Gasteiger partial charge in [0.25, 0.3) is 0 Å². The van der Waals surface area contributed by atoms with E-state index in [1.807, 2.05) is 114 Å². The number of hydrogen-bond acceptors (Lipinski definition) is 6. The van der Waals surface area contributed by atoms with E-state index in [1.165, 1.54) is 64.2 Å². The summed E-state index contributed by atoms with van der Waals surface area (Å²) < 4.78 is 12.4. The topological polar surface area (TPSA) is 96.4 Å². The number of aliphatic hydroxyl groups is 2. The fourth-order valence-electron chi connectivity index (χ4n) is 9.83. The summed E-state index contributed by atoms with van der Waals surface area (Å²) in [5, 5.41) is 21.1. The van der Waals surface area contributed by atoms with Crippen molar-refractivity contribution in [2.24, 2.45) is 10.8 Å². The predicted octanol–water partition coefficient (Wildman–Crippen LogP) is 13.9. The van der Waals surface area contributed by atoms with Crippen LogP contribution in [0.15, 0.2) is 113 Å². The molecule has 0 amide bonds. The van der Waals surface area contributed by atoms with Gasteiger partial charge in [-0.2, -0.15) is 0 Å². The molecule has 0 aromatic heterocycles. The molecule has 0 unspecified atom stereocenters. The van der Waals surface area contributed by atoms with Crippen LogP contribution in [0.3, 0.4) is 0 Å². The van der Waals surface area contributed by atoms with Gasteiger partial charge in [0.1, 0.15) is 11.7 Å². The van der Waals surface area contributed by atoms with E-state index >= 15 is 0 Å². The van der Waals surface area contributed by atoms with Gasteiger partial charge in [0.15, 0.2) is 5.78 Å². The average molecular weight is 853 g/mol. The number of epoxide rings is 1. The number of fused-ring (bicyclic) bond motifs is 1. The number of ether oxygens (including phenoxy) is 2. The monoisotopic (exact) mass is 853 g/mol. The third-order valence-corrected chi connectivity index (χ3v) is 13.3. The maximum atomic E-state index is 13.5. The lowest BCUT2D eigenvalue weighted by atomic mass is 9.61. The van der Waals surface area contributed by atoms with Crippen LogP contribution in [0.5, 0.6) is 0 Å². The number of esters is 1. The summed E-state index contributed by atoms with van der Waals surface area (Å²) >= 11 is 0. The maximum absolute atomic E-state index is 13.5. The number of hydrogen-bond donors (Lipinski definition) is 2. The molecular formula is C56H84O6. The molecule has 0 spiro atoms. The van der Waals surface area contributed by atoms with Crippen molar-refractivity contribution >= 4 is 11.8 Å². The van der Waals surface area contributed by atoms with Crippen LogP contribution in [-0.4, -0.2) is 51.0 Å². The van der Waals surface area contributed by atoms with E-state index in [0.29, 0.717) is 37.7 Å². The van der Waals surface area contributed by atoms with E-state index in [-0.39, 0.29) is 28.7 Å². The van der Waals surface area contributed by atoms with Gasteiger partial charge in [-0.15, -0.1) is 5.73 Å². The highest BCUT2D eigenvalue weighted by Crippen LogP contribution is 2.67. The Morgan fingerprint density at radius 2 is 1.26 bits per heavy atom. The Balaban J connectivity index is 1.42. The number of carbonyl (C=O) groups is 2. The third kappa shape index (κ3) is 16.5. The van der Waals surface area contributed by atoms with Gasteiger partial charge < -0.3 is 19.7 Å². The predicted molar refractivity (Wildman–Crippen MR) is 259 cm³/mol. The Bertz CT molecular complexity index is 1790. The molecule has 0 bridgehead atoms. The first-order chi connectivity index (χ1) is 29.2. The van der Waals surface area contributed by atoms with Gasteiger partial charge in [-0.3, -0.25) is 4.79 Å². The molecule has 3 fully saturated rings. The number of ketones is 1. The molecule has 3 aliphatic rings. The molecule has 2 saturated carbocycles. The van der Waals surface area contributed by atoms with Crippen LogP contribution in [0.25, 0.3) is 0 Å². The first kappa shape index (κ1) is 52.8. The summed E-state index contributed by atoms with van der Waals surface area (Å²) in [7, 11) is 0. The molecule has 2 N–H and O–H groups in total. The molecule has 1 heterocycles. The highest BCUT2D eigenvalue weighted by molar-refractivity contribution is 5.96.